The third-order valence-electron chi connectivity index (χ3n) is 2.84. The van der Waals surface area contributed by atoms with Gasteiger partial charge in [0.25, 0.3) is 0 Å². The Morgan fingerprint density at radius 1 is 1.14 bits per heavy atom. The first-order valence-electron chi connectivity index (χ1n) is 6.21. The van der Waals surface area contributed by atoms with Gasteiger partial charge in [-0.15, -0.1) is 0 Å². The fraction of sp³-hybridized carbons (Fsp3) is 0.200. The summed E-state index contributed by atoms with van der Waals surface area (Å²) in [4.78, 5) is 0. The summed E-state index contributed by atoms with van der Waals surface area (Å²) in [5, 5.41) is 4.17. The number of halogens is 4. The molecule has 2 nitrogen and oxygen atoms in total. The Morgan fingerprint density at radius 3 is 2.43 bits per heavy atom. The van der Waals surface area contributed by atoms with Crippen LogP contribution < -0.4 is 10.1 Å². The number of nitrogens with one attached hydrogen (secondary N) is 1. The number of hydrogen-bond donors (Lipinski definition) is 1. The standard InChI is InChI=1S/C15H13Br2Cl2NO/c1-20-7-9-5-11(16)15(12(17)6-9)21-8-10-3-2-4-13(18)14(10)19/h2-6,20H,7-8H2,1H3. The van der Waals surface area contributed by atoms with Crippen LogP contribution in [0.25, 0.3) is 0 Å². The third-order valence-corrected chi connectivity index (χ3v) is 4.88. The van der Waals surface area contributed by atoms with Crippen molar-refractivity contribution in [1.29, 1.82) is 0 Å². The molecule has 0 aromatic heterocycles. The van der Waals surface area contributed by atoms with Crippen molar-refractivity contribution in [2.75, 3.05) is 7.05 Å². The van der Waals surface area contributed by atoms with Crippen molar-refractivity contribution in [1.82, 2.24) is 5.32 Å². The van der Waals surface area contributed by atoms with Crippen LogP contribution in [-0.2, 0) is 13.2 Å². The molecule has 1 N–H and O–H groups in total. The van der Waals surface area contributed by atoms with Crippen LogP contribution in [-0.4, -0.2) is 7.05 Å². The minimum Gasteiger partial charge on any atom is -0.486 e. The van der Waals surface area contributed by atoms with Gasteiger partial charge in [0.1, 0.15) is 12.4 Å². The van der Waals surface area contributed by atoms with Crippen LogP contribution in [0.2, 0.25) is 10.0 Å². The molecule has 0 unspecified atom stereocenters. The van der Waals surface area contributed by atoms with Gasteiger partial charge in [-0.3, -0.25) is 0 Å². The largest absolute Gasteiger partial charge is 0.486 e. The molecule has 0 aliphatic carbocycles. The fourth-order valence-corrected chi connectivity index (χ4v) is 3.75. The highest BCUT2D eigenvalue weighted by atomic mass is 79.9. The van der Waals surface area contributed by atoms with Crippen LogP contribution >= 0.6 is 55.1 Å². The Kier molecular flexibility index (Phi) is 6.38. The van der Waals surface area contributed by atoms with Gasteiger partial charge >= 0.3 is 0 Å². The van der Waals surface area contributed by atoms with Crippen LogP contribution in [0.5, 0.6) is 5.75 Å². The van der Waals surface area contributed by atoms with Gasteiger partial charge in [0.2, 0.25) is 0 Å². The van der Waals surface area contributed by atoms with Gasteiger partial charge in [-0.1, -0.05) is 35.3 Å². The first-order chi connectivity index (χ1) is 10.0. The van der Waals surface area contributed by atoms with Crippen molar-refractivity contribution in [3.63, 3.8) is 0 Å². The maximum absolute atomic E-state index is 6.16. The van der Waals surface area contributed by atoms with Crippen molar-refractivity contribution in [2.24, 2.45) is 0 Å². The van der Waals surface area contributed by atoms with E-state index in [4.69, 9.17) is 27.9 Å². The van der Waals surface area contributed by atoms with E-state index < -0.39 is 0 Å². The molecule has 0 atom stereocenters. The fourth-order valence-electron chi connectivity index (χ4n) is 1.87. The van der Waals surface area contributed by atoms with E-state index in [2.05, 4.69) is 37.2 Å². The maximum Gasteiger partial charge on any atom is 0.148 e. The second kappa shape index (κ2) is 7.84. The zero-order valence-corrected chi connectivity index (χ0v) is 15.9. The second-order valence-corrected chi connectivity index (χ2v) is 6.91. The van der Waals surface area contributed by atoms with Crippen LogP contribution in [0, 0.1) is 0 Å². The first-order valence-corrected chi connectivity index (χ1v) is 8.55. The summed E-state index contributed by atoms with van der Waals surface area (Å²) in [6, 6.07) is 9.55. The molecule has 0 fully saturated rings. The molecule has 0 aliphatic rings. The minimum atomic E-state index is 0.349. The summed E-state index contributed by atoms with van der Waals surface area (Å²) in [5.74, 6) is 0.742. The lowest BCUT2D eigenvalue weighted by atomic mass is 10.2. The van der Waals surface area contributed by atoms with Gasteiger partial charge < -0.3 is 10.1 Å². The van der Waals surface area contributed by atoms with Gasteiger partial charge in [-0.05, 0) is 62.7 Å². The lowest BCUT2D eigenvalue weighted by Crippen LogP contribution is -2.05. The highest BCUT2D eigenvalue weighted by molar-refractivity contribution is 9.11. The van der Waals surface area contributed by atoms with E-state index >= 15 is 0 Å². The summed E-state index contributed by atoms with van der Waals surface area (Å²) in [6.45, 7) is 1.14. The number of rotatable bonds is 5. The topological polar surface area (TPSA) is 21.3 Å². The van der Waals surface area contributed by atoms with E-state index in [1.54, 1.807) is 6.07 Å². The molecule has 0 heterocycles. The van der Waals surface area contributed by atoms with Gasteiger partial charge in [0.05, 0.1) is 19.0 Å². The number of benzene rings is 2. The van der Waals surface area contributed by atoms with Crippen LogP contribution in [0.1, 0.15) is 11.1 Å². The third kappa shape index (κ3) is 4.36. The summed E-state index contributed by atoms with van der Waals surface area (Å²) in [6.07, 6.45) is 0. The Bertz CT molecular complexity index is 627. The van der Waals surface area contributed by atoms with E-state index in [0.717, 1.165) is 32.4 Å². The summed E-state index contributed by atoms with van der Waals surface area (Å²) in [5.41, 5.74) is 2.01. The molecule has 0 bridgehead atoms. The summed E-state index contributed by atoms with van der Waals surface area (Å²) in [7, 11) is 1.91. The van der Waals surface area contributed by atoms with E-state index in [1.165, 1.54) is 0 Å². The normalized spacial score (nSPS) is 10.7. The van der Waals surface area contributed by atoms with Crippen molar-refractivity contribution >= 4 is 55.1 Å². The molecule has 0 saturated carbocycles. The Hall–Kier alpha value is -0.260. The highest BCUT2D eigenvalue weighted by Gasteiger charge is 2.11. The average Bonchev–Trinajstić information content (AvgIpc) is 2.42. The summed E-state index contributed by atoms with van der Waals surface area (Å²) >= 11 is 19.2. The van der Waals surface area contributed by atoms with E-state index in [9.17, 15) is 0 Å². The van der Waals surface area contributed by atoms with Gasteiger partial charge in [-0.25, -0.2) is 0 Å². The zero-order chi connectivity index (χ0) is 15.4. The van der Waals surface area contributed by atoms with Crippen LogP contribution in [0.3, 0.4) is 0 Å². The molecule has 21 heavy (non-hydrogen) atoms. The first kappa shape index (κ1) is 17.1. The van der Waals surface area contributed by atoms with Crippen molar-refractivity contribution in [3.05, 3.63) is 60.4 Å². The molecule has 2 rings (SSSR count). The molecule has 112 valence electrons. The lowest BCUT2D eigenvalue weighted by Gasteiger charge is -2.13. The number of ether oxygens (including phenoxy) is 1. The predicted molar refractivity (Wildman–Crippen MR) is 95.4 cm³/mol. The number of hydrogen-bond acceptors (Lipinski definition) is 2. The smallest absolute Gasteiger partial charge is 0.148 e. The average molecular weight is 454 g/mol. The minimum absolute atomic E-state index is 0.349. The second-order valence-electron chi connectivity index (χ2n) is 4.42. The zero-order valence-electron chi connectivity index (χ0n) is 11.2. The van der Waals surface area contributed by atoms with Crippen molar-refractivity contribution in [3.8, 4) is 5.75 Å². The molecule has 0 spiro atoms. The molecule has 2 aromatic rings. The van der Waals surface area contributed by atoms with Gasteiger partial charge in [-0.2, -0.15) is 0 Å². The molecule has 2 aromatic carbocycles. The quantitative estimate of drug-likeness (QED) is 0.616. The molecular formula is C15H13Br2Cl2NO. The Balaban J connectivity index is 2.18. The summed E-state index contributed by atoms with van der Waals surface area (Å²) < 4.78 is 7.64. The van der Waals surface area contributed by atoms with Crippen LogP contribution in [0.15, 0.2) is 39.3 Å². The predicted octanol–water partition coefficient (Wildman–Crippen LogP) is 5.82. The van der Waals surface area contributed by atoms with Crippen molar-refractivity contribution in [2.45, 2.75) is 13.2 Å². The highest BCUT2D eigenvalue weighted by Crippen LogP contribution is 2.36. The molecule has 0 aliphatic heterocycles. The van der Waals surface area contributed by atoms with E-state index in [1.807, 2.05) is 31.3 Å². The SMILES string of the molecule is CNCc1cc(Br)c(OCc2cccc(Cl)c2Cl)c(Br)c1. The lowest BCUT2D eigenvalue weighted by molar-refractivity contribution is 0.302. The Labute approximate surface area is 151 Å². The molecule has 0 amide bonds. The van der Waals surface area contributed by atoms with Crippen molar-refractivity contribution < 1.29 is 4.74 Å². The molecule has 6 heteroatoms. The van der Waals surface area contributed by atoms with E-state index in [0.29, 0.717) is 16.7 Å². The maximum atomic E-state index is 6.16. The molecular weight excluding hydrogens is 441 g/mol. The monoisotopic (exact) mass is 451 g/mol. The Morgan fingerprint density at radius 2 is 1.81 bits per heavy atom. The molecule has 0 saturated heterocycles. The van der Waals surface area contributed by atoms with E-state index in [-0.39, 0.29) is 0 Å². The van der Waals surface area contributed by atoms with Gasteiger partial charge in [0.15, 0.2) is 0 Å². The van der Waals surface area contributed by atoms with Crippen LogP contribution in [0.4, 0.5) is 0 Å². The van der Waals surface area contributed by atoms with Gasteiger partial charge in [0, 0.05) is 12.1 Å². The molecule has 0 radical (unpaired) electrons.